The molecule has 1 aliphatic heterocycles. The average Bonchev–Trinajstić information content (AvgIpc) is 2.75. The zero-order chi connectivity index (χ0) is 21.7. The highest BCUT2D eigenvalue weighted by atomic mass is 32.1. The van der Waals surface area contributed by atoms with E-state index in [1.54, 1.807) is 24.3 Å². The summed E-state index contributed by atoms with van der Waals surface area (Å²) in [7, 11) is 1.46. The molecule has 0 aliphatic carbocycles. The van der Waals surface area contributed by atoms with Crippen molar-refractivity contribution in [2.45, 2.75) is 13.3 Å². The molecule has 2 aromatic carbocycles. The zero-order valence-electron chi connectivity index (χ0n) is 16.5. The number of nitriles is 1. The number of para-hydroxylation sites is 1. The number of nitrogens with one attached hydrogen (secondary N) is 1. The van der Waals surface area contributed by atoms with Crippen molar-refractivity contribution < 1.29 is 19.1 Å². The number of thiocarbonyl (C=S) groups is 1. The quantitative estimate of drug-likeness (QED) is 0.438. The molecule has 2 amide bonds. The Hall–Kier alpha value is -3.70. The summed E-state index contributed by atoms with van der Waals surface area (Å²) in [4.78, 5) is 27.0. The first kappa shape index (κ1) is 21.0. The number of anilines is 1. The predicted octanol–water partition coefficient (Wildman–Crippen LogP) is 2.99. The third kappa shape index (κ3) is 4.16. The van der Waals surface area contributed by atoms with Crippen LogP contribution >= 0.6 is 12.2 Å². The molecule has 0 atom stereocenters. The molecule has 1 N–H and O–H groups in total. The molecule has 8 heteroatoms. The van der Waals surface area contributed by atoms with Crippen molar-refractivity contribution >= 4 is 40.9 Å². The number of carbonyl (C=O) groups excluding carboxylic acids is 2. The van der Waals surface area contributed by atoms with Crippen LogP contribution in [-0.4, -0.2) is 30.6 Å². The fourth-order valence-corrected chi connectivity index (χ4v) is 3.35. The van der Waals surface area contributed by atoms with Crippen LogP contribution in [0, 0.1) is 11.3 Å². The van der Waals surface area contributed by atoms with Crippen molar-refractivity contribution in [3.63, 3.8) is 0 Å². The number of amides is 2. The molecule has 0 aromatic heterocycles. The van der Waals surface area contributed by atoms with Gasteiger partial charge < -0.3 is 9.47 Å². The van der Waals surface area contributed by atoms with E-state index >= 15 is 0 Å². The summed E-state index contributed by atoms with van der Waals surface area (Å²) in [5.41, 5.74) is 2.08. The van der Waals surface area contributed by atoms with E-state index in [1.807, 2.05) is 31.2 Å². The van der Waals surface area contributed by atoms with Crippen LogP contribution in [0.25, 0.3) is 6.08 Å². The van der Waals surface area contributed by atoms with Crippen LogP contribution in [0.1, 0.15) is 18.1 Å². The van der Waals surface area contributed by atoms with Crippen LogP contribution in [-0.2, 0) is 16.0 Å². The van der Waals surface area contributed by atoms with Crippen LogP contribution < -0.4 is 19.7 Å². The first-order valence-electron chi connectivity index (χ1n) is 9.17. The number of methoxy groups -OCH3 is 1. The zero-order valence-corrected chi connectivity index (χ0v) is 17.3. The number of rotatable bonds is 6. The van der Waals surface area contributed by atoms with Gasteiger partial charge in [-0.15, -0.1) is 0 Å². The number of hydrogen-bond acceptors (Lipinski definition) is 6. The van der Waals surface area contributed by atoms with E-state index in [0.717, 1.165) is 5.56 Å². The van der Waals surface area contributed by atoms with Gasteiger partial charge in [-0.25, -0.2) is 0 Å². The normalized spacial score (nSPS) is 15.0. The third-order valence-corrected chi connectivity index (χ3v) is 4.79. The summed E-state index contributed by atoms with van der Waals surface area (Å²) in [5, 5.41) is 11.3. The second-order valence-corrected chi connectivity index (χ2v) is 6.68. The van der Waals surface area contributed by atoms with Crippen LogP contribution in [0.3, 0.4) is 0 Å². The van der Waals surface area contributed by atoms with E-state index in [1.165, 1.54) is 18.1 Å². The van der Waals surface area contributed by atoms with Crippen molar-refractivity contribution in [2.24, 2.45) is 0 Å². The Balaban J connectivity index is 2.00. The lowest BCUT2D eigenvalue weighted by molar-refractivity contribution is -0.122. The Kier molecular flexibility index (Phi) is 6.45. The molecular weight excluding hydrogens is 402 g/mol. The van der Waals surface area contributed by atoms with Gasteiger partial charge in [0.25, 0.3) is 11.8 Å². The van der Waals surface area contributed by atoms with E-state index in [-0.39, 0.29) is 17.3 Å². The minimum absolute atomic E-state index is 0.0425. The first-order valence-corrected chi connectivity index (χ1v) is 9.58. The number of hydrogen-bond donors (Lipinski definition) is 1. The Morgan fingerprint density at radius 1 is 1.20 bits per heavy atom. The van der Waals surface area contributed by atoms with Gasteiger partial charge in [0.2, 0.25) is 0 Å². The molecule has 0 spiro atoms. The molecule has 0 bridgehead atoms. The van der Waals surface area contributed by atoms with Crippen LogP contribution in [0.2, 0.25) is 0 Å². The van der Waals surface area contributed by atoms with Gasteiger partial charge in [0.1, 0.15) is 11.6 Å². The maximum Gasteiger partial charge on any atom is 0.270 e. The molecule has 0 radical (unpaired) electrons. The smallest absolute Gasteiger partial charge is 0.270 e. The SMILES string of the molecule is CCc1ccccc1N1C(=O)C(=Cc2ccc(OCC#N)c(OC)c2)C(=O)NC1=S. The standard InChI is InChI=1S/C22H19N3O4S/c1-3-15-6-4-5-7-17(15)25-21(27)16(20(26)24-22(25)30)12-14-8-9-18(29-11-10-23)19(13-14)28-2/h4-9,12-13H,3,11H2,1-2H3,(H,24,26,30). The van der Waals surface area contributed by atoms with Gasteiger partial charge in [-0.2, -0.15) is 5.26 Å². The molecule has 1 saturated heterocycles. The minimum atomic E-state index is -0.570. The van der Waals surface area contributed by atoms with E-state index in [2.05, 4.69) is 5.32 Å². The van der Waals surface area contributed by atoms with Crippen molar-refractivity contribution in [3.05, 3.63) is 59.2 Å². The fraction of sp³-hybridized carbons (Fsp3) is 0.182. The topological polar surface area (TPSA) is 91.7 Å². The predicted molar refractivity (Wildman–Crippen MR) is 116 cm³/mol. The molecule has 1 fully saturated rings. The molecule has 1 heterocycles. The first-order chi connectivity index (χ1) is 14.5. The van der Waals surface area contributed by atoms with Gasteiger partial charge in [-0.1, -0.05) is 31.2 Å². The Bertz CT molecular complexity index is 1090. The molecule has 30 heavy (non-hydrogen) atoms. The molecule has 2 aromatic rings. The van der Waals surface area contributed by atoms with Crippen molar-refractivity contribution in [3.8, 4) is 17.6 Å². The van der Waals surface area contributed by atoms with E-state index in [9.17, 15) is 9.59 Å². The second-order valence-electron chi connectivity index (χ2n) is 6.30. The van der Waals surface area contributed by atoms with E-state index in [0.29, 0.717) is 29.2 Å². The van der Waals surface area contributed by atoms with E-state index in [4.69, 9.17) is 27.0 Å². The highest BCUT2D eigenvalue weighted by Gasteiger charge is 2.35. The largest absolute Gasteiger partial charge is 0.493 e. The van der Waals surface area contributed by atoms with Crippen LogP contribution in [0.4, 0.5) is 5.69 Å². The number of aryl methyl sites for hydroxylation is 1. The molecule has 0 saturated carbocycles. The minimum Gasteiger partial charge on any atom is -0.493 e. The fourth-order valence-electron chi connectivity index (χ4n) is 3.07. The molecule has 0 unspecified atom stereocenters. The van der Waals surface area contributed by atoms with Gasteiger partial charge in [-0.3, -0.25) is 19.8 Å². The average molecular weight is 421 g/mol. The lowest BCUT2D eigenvalue weighted by Crippen LogP contribution is -2.54. The van der Waals surface area contributed by atoms with Crippen molar-refractivity contribution in [1.29, 1.82) is 5.26 Å². The van der Waals surface area contributed by atoms with Crippen LogP contribution in [0.5, 0.6) is 11.5 Å². The summed E-state index contributed by atoms with van der Waals surface area (Å²) in [6.45, 7) is 1.86. The number of ether oxygens (including phenoxy) is 2. The molecule has 152 valence electrons. The summed E-state index contributed by atoms with van der Waals surface area (Å²) < 4.78 is 10.6. The third-order valence-electron chi connectivity index (χ3n) is 4.51. The highest BCUT2D eigenvalue weighted by molar-refractivity contribution is 7.80. The van der Waals surface area contributed by atoms with Gasteiger partial charge in [0.15, 0.2) is 23.2 Å². The van der Waals surface area contributed by atoms with Crippen LogP contribution in [0.15, 0.2) is 48.0 Å². The lowest BCUT2D eigenvalue weighted by Gasteiger charge is -2.30. The molecule has 3 rings (SSSR count). The monoisotopic (exact) mass is 421 g/mol. The Morgan fingerprint density at radius 2 is 1.97 bits per heavy atom. The highest BCUT2D eigenvalue weighted by Crippen LogP contribution is 2.30. The van der Waals surface area contributed by atoms with Crippen molar-refractivity contribution in [1.82, 2.24) is 5.32 Å². The summed E-state index contributed by atoms with van der Waals surface area (Å²) in [6.07, 6.45) is 2.18. The number of benzene rings is 2. The Labute approximate surface area is 179 Å². The lowest BCUT2D eigenvalue weighted by atomic mass is 10.0. The number of carbonyl (C=O) groups is 2. The molecule has 1 aliphatic rings. The van der Waals surface area contributed by atoms with Gasteiger partial charge in [0, 0.05) is 0 Å². The maximum absolute atomic E-state index is 13.2. The maximum atomic E-state index is 13.2. The van der Waals surface area contributed by atoms with Crippen molar-refractivity contribution in [2.75, 3.05) is 18.6 Å². The van der Waals surface area contributed by atoms with Gasteiger partial charge in [-0.05, 0) is 54.0 Å². The molecule has 7 nitrogen and oxygen atoms in total. The summed E-state index contributed by atoms with van der Waals surface area (Å²) in [5.74, 6) is -0.306. The summed E-state index contributed by atoms with van der Waals surface area (Å²) >= 11 is 5.27. The van der Waals surface area contributed by atoms with Gasteiger partial charge >= 0.3 is 0 Å². The molecular formula is C22H19N3O4S. The van der Waals surface area contributed by atoms with E-state index < -0.39 is 11.8 Å². The van der Waals surface area contributed by atoms with Gasteiger partial charge in [0.05, 0.1) is 12.8 Å². The Morgan fingerprint density at radius 3 is 2.67 bits per heavy atom. The number of nitrogens with zero attached hydrogens (tertiary/aromatic N) is 2. The second kappa shape index (κ2) is 9.20. The summed E-state index contributed by atoms with van der Waals surface area (Å²) in [6, 6.07) is 14.2.